The first-order chi connectivity index (χ1) is 8.04. The van der Waals surface area contributed by atoms with Crippen molar-refractivity contribution in [2.24, 2.45) is 0 Å². The summed E-state index contributed by atoms with van der Waals surface area (Å²) in [6.07, 6.45) is 0. The Labute approximate surface area is 110 Å². The van der Waals surface area contributed by atoms with Gasteiger partial charge in [-0.05, 0) is 25.1 Å². The Bertz CT molecular complexity index is 433. The molecule has 1 rings (SSSR count). The highest BCUT2D eigenvalue weighted by Crippen LogP contribution is 2.25. The van der Waals surface area contributed by atoms with Gasteiger partial charge in [-0.2, -0.15) is 0 Å². The summed E-state index contributed by atoms with van der Waals surface area (Å²) in [5.74, 6) is -0.412. The fourth-order valence-corrected chi connectivity index (χ4v) is 1.62. The zero-order chi connectivity index (χ0) is 12.8. The minimum atomic E-state index is -0.412. The summed E-state index contributed by atoms with van der Waals surface area (Å²) in [5.41, 5.74) is 1.04. The highest BCUT2D eigenvalue weighted by Gasteiger charge is 2.08. The first-order valence-electron chi connectivity index (χ1n) is 5.08. The summed E-state index contributed by atoms with van der Waals surface area (Å²) in [6.45, 7) is 5.98. The molecule has 0 bridgehead atoms. The average Bonchev–Trinajstić information content (AvgIpc) is 2.27. The molecule has 92 valence electrons. The maximum atomic E-state index is 11.3. The first kappa shape index (κ1) is 13.9. The van der Waals surface area contributed by atoms with Crippen molar-refractivity contribution in [3.05, 3.63) is 40.4 Å². The summed E-state index contributed by atoms with van der Waals surface area (Å²) in [5, 5.41) is 4.04. The van der Waals surface area contributed by atoms with Crippen LogP contribution in [0.3, 0.4) is 0 Å². The Morgan fingerprint density at radius 3 is 2.76 bits per heavy atom. The zero-order valence-corrected chi connectivity index (χ0v) is 10.9. The van der Waals surface area contributed by atoms with Gasteiger partial charge in [0, 0.05) is 17.1 Å². The molecule has 1 N–H and O–H groups in total. The molecule has 0 amide bonds. The molecule has 1 aromatic carbocycles. The van der Waals surface area contributed by atoms with Crippen LogP contribution in [0, 0.1) is 0 Å². The molecule has 0 fully saturated rings. The van der Waals surface area contributed by atoms with Crippen LogP contribution in [0.15, 0.2) is 30.4 Å². The number of carbonyl (C=O) groups is 1. The third kappa shape index (κ3) is 4.29. The Hall–Kier alpha value is -1.19. The van der Waals surface area contributed by atoms with Crippen molar-refractivity contribution in [1.29, 1.82) is 0 Å². The van der Waals surface area contributed by atoms with Gasteiger partial charge < -0.3 is 10.1 Å². The number of benzene rings is 1. The van der Waals surface area contributed by atoms with Gasteiger partial charge in [0.15, 0.2) is 0 Å². The predicted octanol–water partition coefficient (Wildman–Crippen LogP) is 3.52. The van der Waals surface area contributed by atoms with Crippen LogP contribution in [0.1, 0.15) is 6.92 Å². The van der Waals surface area contributed by atoms with E-state index in [0.29, 0.717) is 27.9 Å². The Kier molecular flexibility index (Phi) is 5.32. The van der Waals surface area contributed by atoms with Gasteiger partial charge >= 0.3 is 5.97 Å². The molecule has 0 aliphatic heterocycles. The van der Waals surface area contributed by atoms with E-state index in [1.807, 2.05) is 0 Å². The lowest BCUT2D eigenvalue weighted by Crippen LogP contribution is -2.14. The molecule has 0 spiro atoms. The van der Waals surface area contributed by atoms with E-state index in [1.54, 1.807) is 25.1 Å². The summed E-state index contributed by atoms with van der Waals surface area (Å²) < 4.78 is 4.81. The lowest BCUT2D eigenvalue weighted by atomic mass is 10.2. The van der Waals surface area contributed by atoms with Crippen LogP contribution in [-0.2, 0) is 9.53 Å². The van der Waals surface area contributed by atoms with E-state index < -0.39 is 5.97 Å². The van der Waals surface area contributed by atoms with E-state index in [2.05, 4.69) is 11.9 Å². The van der Waals surface area contributed by atoms with Gasteiger partial charge in [0.05, 0.1) is 17.3 Å². The topological polar surface area (TPSA) is 38.3 Å². The lowest BCUT2D eigenvalue weighted by Gasteiger charge is -2.09. The molecule has 0 heterocycles. The molecule has 1 aromatic rings. The Morgan fingerprint density at radius 1 is 1.47 bits per heavy atom. The van der Waals surface area contributed by atoms with Crippen LogP contribution in [0.2, 0.25) is 10.0 Å². The number of carbonyl (C=O) groups excluding carboxylic acids is 1. The number of hydrogen-bond acceptors (Lipinski definition) is 3. The van der Waals surface area contributed by atoms with Crippen LogP contribution in [0.4, 0.5) is 5.69 Å². The van der Waals surface area contributed by atoms with Crippen molar-refractivity contribution in [3.63, 3.8) is 0 Å². The van der Waals surface area contributed by atoms with E-state index in [1.165, 1.54) is 0 Å². The van der Waals surface area contributed by atoms with Crippen LogP contribution in [0.25, 0.3) is 0 Å². The molecule has 0 aliphatic rings. The summed E-state index contributed by atoms with van der Waals surface area (Å²) >= 11 is 11.7. The molecule has 3 nitrogen and oxygen atoms in total. The van der Waals surface area contributed by atoms with Gasteiger partial charge in [0.1, 0.15) is 0 Å². The normalized spacial score (nSPS) is 9.82. The van der Waals surface area contributed by atoms with Crippen LogP contribution >= 0.6 is 23.2 Å². The molecule has 0 saturated carbocycles. The quantitative estimate of drug-likeness (QED) is 0.659. The van der Waals surface area contributed by atoms with Crippen LogP contribution in [-0.4, -0.2) is 19.1 Å². The fourth-order valence-electron chi connectivity index (χ4n) is 1.14. The molecular weight excluding hydrogens is 261 g/mol. The lowest BCUT2D eigenvalue weighted by molar-refractivity contribution is -0.138. The summed E-state index contributed by atoms with van der Waals surface area (Å²) in [4.78, 5) is 11.3. The van der Waals surface area contributed by atoms with E-state index >= 15 is 0 Å². The fraction of sp³-hybridized carbons (Fsp3) is 0.250. The molecule has 0 radical (unpaired) electrons. The van der Waals surface area contributed by atoms with Crippen molar-refractivity contribution in [2.75, 3.05) is 18.5 Å². The highest BCUT2D eigenvalue weighted by atomic mass is 35.5. The third-order valence-electron chi connectivity index (χ3n) is 1.99. The second kappa shape index (κ2) is 6.52. The second-order valence-electron chi connectivity index (χ2n) is 3.30. The van der Waals surface area contributed by atoms with E-state index in [9.17, 15) is 4.79 Å². The van der Waals surface area contributed by atoms with Crippen LogP contribution < -0.4 is 5.32 Å². The number of anilines is 1. The number of halogens is 2. The largest absolute Gasteiger partial charge is 0.463 e. The van der Waals surface area contributed by atoms with Crippen molar-refractivity contribution in [3.8, 4) is 0 Å². The van der Waals surface area contributed by atoms with Gasteiger partial charge in [-0.15, -0.1) is 0 Å². The number of nitrogens with one attached hydrogen (secondary N) is 1. The number of rotatable bonds is 5. The van der Waals surface area contributed by atoms with Gasteiger partial charge in [-0.3, -0.25) is 0 Å². The summed E-state index contributed by atoms with van der Waals surface area (Å²) in [7, 11) is 0. The van der Waals surface area contributed by atoms with Crippen molar-refractivity contribution >= 4 is 34.9 Å². The third-order valence-corrected chi connectivity index (χ3v) is 2.54. The predicted molar refractivity (Wildman–Crippen MR) is 70.7 cm³/mol. The average molecular weight is 274 g/mol. The molecule has 5 heteroatoms. The molecule has 0 aliphatic carbocycles. The maximum absolute atomic E-state index is 11.3. The molecular formula is C12H13Cl2NO2. The molecule has 0 atom stereocenters. The van der Waals surface area contributed by atoms with Gasteiger partial charge in [-0.1, -0.05) is 29.8 Å². The van der Waals surface area contributed by atoms with Crippen LogP contribution in [0.5, 0.6) is 0 Å². The Morgan fingerprint density at radius 2 is 2.18 bits per heavy atom. The second-order valence-corrected chi connectivity index (χ2v) is 4.15. The van der Waals surface area contributed by atoms with Crippen molar-refractivity contribution < 1.29 is 9.53 Å². The molecule has 0 saturated heterocycles. The first-order valence-corrected chi connectivity index (χ1v) is 5.84. The monoisotopic (exact) mass is 273 g/mol. The van der Waals surface area contributed by atoms with E-state index in [0.717, 1.165) is 0 Å². The van der Waals surface area contributed by atoms with Gasteiger partial charge in [0.25, 0.3) is 0 Å². The molecule has 0 unspecified atom stereocenters. The number of hydrogen-bond donors (Lipinski definition) is 1. The summed E-state index contributed by atoms with van der Waals surface area (Å²) in [6, 6.07) is 5.07. The van der Waals surface area contributed by atoms with Crippen molar-refractivity contribution in [2.45, 2.75) is 6.92 Å². The highest BCUT2D eigenvalue weighted by molar-refractivity contribution is 6.36. The minimum absolute atomic E-state index is 0.278. The van der Waals surface area contributed by atoms with Gasteiger partial charge in [-0.25, -0.2) is 4.79 Å². The standard InChI is InChI=1S/C12H13Cl2NO2/c1-3-17-12(16)8(2)7-15-11-5-4-9(13)6-10(11)14/h4-6,15H,2-3,7H2,1H3. The molecule has 0 aromatic heterocycles. The Balaban J connectivity index is 2.56. The number of ether oxygens (including phenoxy) is 1. The maximum Gasteiger partial charge on any atom is 0.335 e. The minimum Gasteiger partial charge on any atom is -0.463 e. The zero-order valence-electron chi connectivity index (χ0n) is 9.43. The smallest absolute Gasteiger partial charge is 0.335 e. The van der Waals surface area contributed by atoms with E-state index in [-0.39, 0.29) is 6.54 Å². The molecule has 17 heavy (non-hydrogen) atoms. The van der Waals surface area contributed by atoms with Crippen molar-refractivity contribution in [1.82, 2.24) is 0 Å². The SMILES string of the molecule is C=C(CNc1ccc(Cl)cc1Cl)C(=O)OCC. The van der Waals surface area contributed by atoms with Gasteiger partial charge in [0.2, 0.25) is 0 Å². The van der Waals surface area contributed by atoms with E-state index in [4.69, 9.17) is 27.9 Å². The number of esters is 1.